The number of aromatic nitrogens is 4. The van der Waals surface area contributed by atoms with Crippen molar-refractivity contribution in [2.45, 2.75) is 0 Å². The molecule has 4 rings (SSSR count). The fourth-order valence-electron chi connectivity index (χ4n) is 2.63. The topological polar surface area (TPSA) is 914 Å². The Kier molecular flexibility index (Phi) is 460. The third-order valence-corrected chi connectivity index (χ3v) is 4.32. The van der Waals surface area contributed by atoms with Gasteiger partial charge < -0.3 is 164 Å². The van der Waals surface area contributed by atoms with Gasteiger partial charge in [-0.25, -0.2) is 19.9 Å². The van der Waals surface area contributed by atoms with Gasteiger partial charge in [-0.3, -0.25) is 19.2 Å². The van der Waals surface area contributed by atoms with Crippen molar-refractivity contribution >= 4 is 46.4 Å². The molecule has 0 aromatic carbocycles. The van der Waals surface area contributed by atoms with Crippen molar-refractivity contribution < 1.29 is 350 Å². The van der Waals surface area contributed by atoms with Crippen molar-refractivity contribution in [2.24, 2.45) is 0 Å². The van der Waals surface area contributed by atoms with Crippen LogP contribution in [0.3, 0.4) is 0 Å². The molecule has 4 aromatic heterocycles. The molecule has 0 bridgehead atoms. The van der Waals surface area contributed by atoms with Crippen LogP contribution in [0.2, 0.25) is 0 Å². The molecule has 0 fully saturated rings. The van der Waals surface area contributed by atoms with Crippen molar-refractivity contribution in [3.63, 3.8) is 0 Å². The van der Waals surface area contributed by atoms with Crippen LogP contribution in [0.25, 0.3) is 0 Å². The average Bonchev–Trinajstić information content (AvgIpc) is 2.91. The van der Waals surface area contributed by atoms with E-state index < -0.39 is 23.6 Å². The summed E-state index contributed by atoms with van der Waals surface area (Å²) in [5.74, 6) is -2.86. The van der Waals surface area contributed by atoms with Gasteiger partial charge in [0, 0.05) is 217 Å². The Morgan fingerprint density at radius 2 is 0.300 bits per heavy atom. The van der Waals surface area contributed by atoms with E-state index in [1.54, 1.807) is 98.1 Å². The molecule has 0 saturated carbocycles. The van der Waals surface area contributed by atoms with Gasteiger partial charge in [-0.1, -0.05) is 0 Å². The molecule has 46 heteroatoms. The van der Waals surface area contributed by atoms with Crippen LogP contribution in [0, 0.1) is 0 Å². The van der Waals surface area contributed by atoms with Crippen molar-refractivity contribution in [1.82, 2.24) is 0 Å². The van der Waals surface area contributed by atoms with Crippen LogP contribution in [-0.2, 0) is 330 Å². The van der Waals surface area contributed by atoms with Crippen molar-refractivity contribution in [3.8, 4) is 0 Å². The van der Waals surface area contributed by atoms with E-state index in [1.807, 2.05) is 0 Å². The van der Waals surface area contributed by atoms with Gasteiger partial charge in [-0.2, -0.15) is 0 Å². The van der Waals surface area contributed by atoms with E-state index in [4.69, 9.17) is 0 Å². The van der Waals surface area contributed by atoms with Gasteiger partial charge in [0.25, 0.3) is 0 Å². The van der Waals surface area contributed by atoms with Gasteiger partial charge in [-0.05, 0) is 0 Å². The minimum absolute atomic E-state index is 0. The first-order chi connectivity index (χ1) is 17.5. The summed E-state index contributed by atoms with van der Waals surface area (Å²) in [5, 5.41) is 9.93. The van der Waals surface area contributed by atoms with E-state index in [-0.39, 0.29) is 311 Å². The Labute approximate surface area is 510 Å². The number of anilines is 4. The second kappa shape index (κ2) is 138. The number of carbonyl (C=O) groups excluding carboxylic acids is 4. The molecule has 0 radical (unpaired) electrons. The van der Waals surface area contributed by atoms with Crippen LogP contribution in [0.15, 0.2) is 98.1 Å². The molecular formula is C24H24Mo8N8O30-48. The first-order valence-corrected chi connectivity index (χ1v) is 10.6. The predicted octanol–water partition coefficient (Wildman–Crippen LogP) is -3.32. The number of aromatic amines is 4. The summed E-state index contributed by atoms with van der Waals surface area (Å²) in [4.78, 5) is 57.6. The number of nitrogens with one attached hydrogen (secondary N) is 8. The van der Waals surface area contributed by atoms with Gasteiger partial charge in [0.1, 0.15) is 0 Å². The Hall–Kier alpha value is -1.05. The SMILES string of the molecule is O=C(Nc1cc[nH+]cc1)C(=O)Nc1cc[nH+]cc1.O=C(Nc1cc[nH+]cc1)C(=O)Nc1cc[nH+]cc1.[Mo].[Mo].[Mo].[Mo].[Mo].[Mo].[Mo].[Mo].[O-2].[O-2].[O-2].[O-2].[O-2].[O-2].[O-2].[O-2].[O-2].[O-2].[O-2].[O-2].[O-2].[O-2].[O-2].[O-2].[O-2].[O-2].[O-2].[O-2].[O-2].[O-2].[O-2].[O-2].[O-2].[O-2]. The fraction of sp³-hybridized carbons (Fsp3) is 0. The maximum absolute atomic E-state index is 11.6. The Morgan fingerprint density at radius 1 is 0.214 bits per heavy atom. The zero-order valence-electron chi connectivity index (χ0n) is 32.8. The molecule has 0 atom stereocenters. The van der Waals surface area contributed by atoms with Crippen LogP contribution in [0.5, 0.6) is 0 Å². The molecule has 0 aliphatic heterocycles. The van der Waals surface area contributed by atoms with Crippen molar-refractivity contribution in [3.05, 3.63) is 98.1 Å². The van der Waals surface area contributed by atoms with Gasteiger partial charge in [0.2, 0.25) is 0 Å². The molecule has 38 nitrogen and oxygen atoms in total. The third-order valence-electron chi connectivity index (χ3n) is 4.32. The summed E-state index contributed by atoms with van der Waals surface area (Å²) < 4.78 is 0. The number of hydrogen-bond acceptors (Lipinski definition) is 4. The molecule has 4 amide bonds. The second-order valence-corrected chi connectivity index (χ2v) is 6.97. The molecular weight excluding hydrogens is 1650 g/mol. The monoisotopic (exact) mass is 1690 g/mol. The summed E-state index contributed by atoms with van der Waals surface area (Å²) in [6.07, 6.45) is 13.2. The average molecular weight is 1670 g/mol. The zero-order chi connectivity index (χ0) is 25.6. The molecule has 4 heterocycles. The number of hydrogen-bond donors (Lipinski definition) is 4. The van der Waals surface area contributed by atoms with Crippen LogP contribution >= 0.6 is 0 Å². The Bertz CT molecular complexity index is 1160. The molecule has 70 heavy (non-hydrogen) atoms. The van der Waals surface area contributed by atoms with Crippen molar-refractivity contribution in [1.29, 1.82) is 0 Å². The normalized spacial score (nSPS) is 4.91. The van der Waals surface area contributed by atoms with E-state index in [9.17, 15) is 19.2 Å². The smallest absolute Gasteiger partial charge is 0.314 e. The summed E-state index contributed by atoms with van der Waals surface area (Å²) >= 11 is 0. The molecule has 0 aliphatic carbocycles. The van der Waals surface area contributed by atoms with Gasteiger partial charge >= 0.3 is 23.6 Å². The predicted molar refractivity (Wildman–Crippen MR) is 144 cm³/mol. The van der Waals surface area contributed by atoms with Crippen LogP contribution in [0.1, 0.15) is 0 Å². The minimum Gasteiger partial charge on any atom is -2.00 e. The first kappa shape index (κ1) is 233. The third kappa shape index (κ3) is 96.4. The summed E-state index contributed by atoms with van der Waals surface area (Å²) in [6, 6.07) is 13.2. The van der Waals surface area contributed by atoms with E-state index in [0.29, 0.717) is 22.7 Å². The molecule has 0 aliphatic rings. The molecule has 8 N–H and O–H groups in total. The van der Waals surface area contributed by atoms with Gasteiger partial charge in [0.15, 0.2) is 49.6 Å². The fourth-order valence-corrected chi connectivity index (χ4v) is 2.63. The van der Waals surface area contributed by atoms with Gasteiger partial charge in [-0.15, -0.1) is 0 Å². The maximum Gasteiger partial charge on any atom is 0.314 e. The minimum atomic E-state index is -0.714. The Morgan fingerprint density at radius 3 is 0.386 bits per heavy atom. The van der Waals surface area contributed by atoms with E-state index >= 15 is 0 Å². The number of carbonyl (C=O) groups is 4. The number of pyridine rings is 4. The van der Waals surface area contributed by atoms with Crippen LogP contribution < -0.4 is 41.2 Å². The maximum atomic E-state index is 11.6. The number of amides is 4. The van der Waals surface area contributed by atoms with Crippen LogP contribution in [-0.4, -0.2) is 23.6 Å². The van der Waals surface area contributed by atoms with Gasteiger partial charge in [0.05, 0.1) is 22.7 Å². The molecule has 436 valence electrons. The molecule has 4 aromatic rings. The quantitative estimate of drug-likeness (QED) is 0.120. The number of rotatable bonds is 4. The standard InChI is InChI=1S/2C12H10N4O2.8Mo.26O/c2*17-11(15-9-1-5-13-6-2-9)12(18)16-10-3-7-14-8-4-10;;;;;;;;;;;;;;;;;;;;;;;;;;;;;;;;;;/h2*1-8H,(H,13,15,17)(H,14,16,18);;;;;;;;;;;;;;;;;;;;;;;;;;;;;;;;;;/q;;;;;;;;;;26*-2/p+4. The second-order valence-electron chi connectivity index (χ2n) is 6.97. The number of H-pyrrole nitrogens is 4. The first-order valence-electron chi connectivity index (χ1n) is 10.6. The van der Waals surface area contributed by atoms with E-state index in [2.05, 4.69) is 41.2 Å². The summed E-state index contributed by atoms with van der Waals surface area (Å²) in [6.45, 7) is 0. The van der Waals surface area contributed by atoms with E-state index in [1.165, 1.54) is 0 Å². The zero-order valence-corrected chi connectivity index (χ0v) is 48.8. The van der Waals surface area contributed by atoms with E-state index in [0.717, 1.165) is 0 Å². The van der Waals surface area contributed by atoms with Crippen molar-refractivity contribution in [2.75, 3.05) is 21.3 Å². The molecule has 0 spiro atoms. The summed E-state index contributed by atoms with van der Waals surface area (Å²) in [7, 11) is 0. The summed E-state index contributed by atoms with van der Waals surface area (Å²) in [5.41, 5.74) is 2.20. The molecule has 0 saturated heterocycles. The largest absolute Gasteiger partial charge is 2.00 e. The Balaban J connectivity index is -0.00000000926. The van der Waals surface area contributed by atoms with Crippen LogP contribution in [0.4, 0.5) is 22.7 Å². The molecule has 0 unspecified atom stereocenters.